The molecule has 0 spiro atoms. The zero-order valence-corrected chi connectivity index (χ0v) is 18.0. The molecule has 5 nitrogen and oxygen atoms in total. The largest absolute Gasteiger partial charge is 0.450 e. The van der Waals surface area contributed by atoms with Gasteiger partial charge in [0.25, 0.3) is 0 Å². The number of carbonyl (C=O) groups excluding carboxylic acids is 4. The molecule has 5 heteroatoms. The standard InChI is InChI=1S/C24H32O5/c1-14(25)21(28)24(29-15(2)26)12-9-20-18-6-5-16-13-17(27)7-10-22(16,3)19(18)8-11-23(20,24)4/h13,18-20H,5-12H2,1-4H3/t18-,19+,20+,22+,23+,24-/m1/s1. The Bertz CT molecular complexity index is 825. The van der Waals surface area contributed by atoms with Crippen molar-refractivity contribution in [3.63, 3.8) is 0 Å². The van der Waals surface area contributed by atoms with Crippen molar-refractivity contribution in [1.29, 1.82) is 0 Å². The van der Waals surface area contributed by atoms with Crippen LogP contribution in [-0.4, -0.2) is 28.9 Å². The van der Waals surface area contributed by atoms with E-state index in [2.05, 4.69) is 13.8 Å². The van der Waals surface area contributed by atoms with Crippen molar-refractivity contribution in [2.75, 3.05) is 0 Å². The smallest absolute Gasteiger partial charge is 0.303 e. The van der Waals surface area contributed by atoms with E-state index in [-0.39, 0.29) is 17.1 Å². The van der Waals surface area contributed by atoms with E-state index in [1.807, 2.05) is 6.08 Å². The summed E-state index contributed by atoms with van der Waals surface area (Å²) in [7, 11) is 0. The number of rotatable bonds is 3. The van der Waals surface area contributed by atoms with Crippen molar-refractivity contribution < 1.29 is 23.9 Å². The molecular formula is C24H32O5. The van der Waals surface area contributed by atoms with Crippen LogP contribution in [0, 0.1) is 28.6 Å². The van der Waals surface area contributed by atoms with E-state index < -0.39 is 28.6 Å². The molecule has 6 atom stereocenters. The first-order valence-electron chi connectivity index (χ1n) is 11.0. The molecule has 0 bridgehead atoms. The molecule has 29 heavy (non-hydrogen) atoms. The van der Waals surface area contributed by atoms with Gasteiger partial charge in [0.15, 0.2) is 17.2 Å². The third-order valence-corrected chi connectivity index (χ3v) is 9.09. The lowest BCUT2D eigenvalue weighted by Gasteiger charge is -2.59. The molecule has 0 aromatic rings. The summed E-state index contributed by atoms with van der Waals surface area (Å²) in [6.45, 7) is 7.01. The van der Waals surface area contributed by atoms with Crippen LogP contribution < -0.4 is 0 Å². The molecule has 0 heterocycles. The number of allylic oxidation sites excluding steroid dienone is 1. The molecule has 0 aromatic heterocycles. The van der Waals surface area contributed by atoms with Crippen molar-refractivity contribution in [2.45, 2.75) is 84.7 Å². The molecule has 0 aliphatic heterocycles. The lowest BCUT2D eigenvalue weighted by Crippen LogP contribution is -2.60. The minimum atomic E-state index is -1.32. The Morgan fingerprint density at radius 2 is 1.66 bits per heavy atom. The van der Waals surface area contributed by atoms with Crippen LogP contribution in [0.3, 0.4) is 0 Å². The molecule has 3 fully saturated rings. The summed E-state index contributed by atoms with van der Waals surface area (Å²) in [5, 5.41) is 0. The Morgan fingerprint density at radius 1 is 0.966 bits per heavy atom. The number of ether oxygens (including phenoxy) is 1. The van der Waals surface area contributed by atoms with Gasteiger partial charge >= 0.3 is 5.97 Å². The molecular weight excluding hydrogens is 368 g/mol. The van der Waals surface area contributed by atoms with E-state index in [4.69, 9.17) is 4.74 Å². The van der Waals surface area contributed by atoms with Crippen LogP contribution >= 0.6 is 0 Å². The van der Waals surface area contributed by atoms with Crippen LogP contribution in [0.5, 0.6) is 0 Å². The van der Waals surface area contributed by atoms with Gasteiger partial charge in [-0.05, 0) is 74.2 Å². The third kappa shape index (κ3) is 2.72. The van der Waals surface area contributed by atoms with E-state index in [9.17, 15) is 19.2 Å². The minimum Gasteiger partial charge on any atom is -0.450 e. The highest BCUT2D eigenvalue weighted by atomic mass is 16.6. The number of Topliss-reactive ketones (excluding diaryl/α,β-unsaturated/α-hetero) is 2. The molecule has 4 aliphatic carbocycles. The second-order valence-corrected chi connectivity index (χ2v) is 10.3. The Balaban J connectivity index is 1.72. The minimum absolute atomic E-state index is 0.0510. The fourth-order valence-corrected chi connectivity index (χ4v) is 7.67. The summed E-state index contributed by atoms with van der Waals surface area (Å²) >= 11 is 0. The van der Waals surface area contributed by atoms with Crippen LogP contribution in [0.2, 0.25) is 0 Å². The lowest BCUT2D eigenvalue weighted by atomic mass is 9.46. The Labute approximate surface area is 172 Å². The maximum atomic E-state index is 13.1. The SMILES string of the molecule is CC(=O)O[C@@]1(C(=O)C(C)=O)CC[C@H]2[C@@H]3CCC4=CC(=O)CC[C@]4(C)[C@H]3CC[C@@]21C. The van der Waals surface area contributed by atoms with Crippen molar-refractivity contribution >= 4 is 23.3 Å². The van der Waals surface area contributed by atoms with Crippen molar-refractivity contribution in [3.8, 4) is 0 Å². The zero-order valence-electron chi connectivity index (χ0n) is 18.0. The highest BCUT2D eigenvalue weighted by Crippen LogP contribution is 2.68. The predicted octanol–water partition coefficient (Wildman–Crippen LogP) is 3.98. The second kappa shape index (κ2) is 6.61. The monoisotopic (exact) mass is 400 g/mol. The molecule has 0 saturated heterocycles. The first-order chi connectivity index (χ1) is 13.5. The highest BCUT2D eigenvalue weighted by molar-refractivity contribution is 6.39. The van der Waals surface area contributed by atoms with Gasteiger partial charge in [-0.25, -0.2) is 0 Å². The lowest BCUT2D eigenvalue weighted by molar-refractivity contribution is -0.188. The Kier molecular flexibility index (Phi) is 4.67. The molecule has 0 amide bonds. The summed E-state index contributed by atoms with van der Waals surface area (Å²) in [5.41, 5.74) is -0.470. The second-order valence-electron chi connectivity index (χ2n) is 10.3. The van der Waals surface area contributed by atoms with E-state index in [0.717, 1.165) is 38.5 Å². The van der Waals surface area contributed by atoms with Gasteiger partial charge in [-0.15, -0.1) is 0 Å². The van der Waals surface area contributed by atoms with Gasteiger partial charge in [0, 0.05) is 25.7 Å². The summed E-state index contributed by atoms with van der Waals surface area (Å²) in [6.07, 6.45) is 8.29. The van der Waals surface area contributed by atoms with Crippen LogP contribution in [0.4, 0.5) is 0 Å². The van der Waals surface area contributed by atoms with E-state index >= 15 is 0 Å². The van der Waals surface area contributed by atoms with E-state index in [1.54, 1.807) is 0 Å². The number of ketones is 3. The first-order valence-corrected chi connectivity index (χ1v) is 11.0. The van der Waals surface area contributed by atoms with Gasteiger partial charge in [0.05, 0.1) is 0 Å². The Morgan fingerprint density at radius 3 is 2.31 bits per heavy atom. The van der Waals surface area contributed by atoms with Gasteiger partial charge in [-0.1, -0.05) is 19.4 Å². The number of hydrogen-bond acceptors (Lipinski definition) is 5. The summed E-state index contributed by atoms with van der Waals surface area (Å²) in [6, 6.07) is 0. The third-order valence-electron chi connectivity index (χ3n) is 9.09. The molecule has 3 saturated carbocycles. The number of hydrogen-bond donors (Lipinski definition) is 0. The molecule has 0 radical (unpaired) electrons. The molecule has 0 N–H and O–H groups in total. The van der Waals surface area contributed by atoms with E-state index in [1.165, 1.54) is 19.4 Å². The van der Waals surface area contributed by atoms with Crippen molar-refractivity contribution in [1.82, 2.24) is 0 Å². The van der Waals surface area contributed by atoms with E-state index in [0.29, 0.717) is 24.7 Å². The van der Waals surface area contributed by atoms with Crippen LogP contribution in [0.25, 0.3) is 0 Å². The predicted molar refractivity (Wildman–Crippen MR) is 107 cm³/mol. The number of carbonyl (C=O) groups is 4. The highest BCUT2D eigenvalue weighted by Gasteiger charge is 2.69. The molecule has 4 rings (SSSR count). The average Bonchev–Trinajstić information content (AvgIpc) is 2.94. The molecule has 0 unspecified atom stereocenters. The summed E-state index contributed by atoms with van der Waals surface area (Å²) in [5.74, 6) is -0.145. The van der Waals surface area contributed by atoms with Gasteiger partial charge in [0.1, 0.15) is 0 Å². The fourth-order valence-electron chi connectivity index (χ4n) is 7.67. The number of esters is 1. The van der Waals surface area contributed by atoms with Crippen molar-refractivity contribution in [3.05, 3.63) is 11.6 Å². The Hall–Kier alpha value is -1.78. The summed E-state index contributed by atoms with van der Waals surface area (Å²) in [4.78, 5) is 49.1. The van der Waals surface area contributed by atoms with Crippen molar-refractivity contribution in [2.24, 2.45) is 28.6 Å². The van der Waals surface area contributed by atoms with Crippen LogP contribution in [-0.2, 0) is 23.9 Å². The van der Waals surface area contributed by atoms with Gasteiger partial charge in [-0.3, -0.25) is 19.2 Å². The fraction of sp³-hybridized carbons (Fsp3) is 0.750. The maximum Gasteiger partial charge on any atom is 0.303 e. The number of fused-ring (bicyclic) bond motifs is 5. The first kappa shape index (κ1) is 20.5. The molecule has 0 aromatic carbocycles. The van der Waals surface area contributed by atoms with Gasteiger partial charge in [0.2, 0.25) is 5.78 Å². The molecule has 158 valence electrons. The van der Waals surface area contributed by atoms with Gasteiger partial charge in [-0.2, -0.15) is 0 Å². The normalized spacial score (nSPS) is 43.5. The average molecular weight is 401 g/mol. The van der Waals surface area contributed by atoms with Crippen LogP contribution in [0.15, 0.2) is 11.6 Å². The molecule has 4 aliphatic rings. The van der Waals surface area contributed by atoms with Crippen LogP contribution in [0.1, 0.15) is 79.1 Å². The summed E-state index contributed by atoms with van der Waals surface area (Å²) < 4.78 is 5.75. The maximum absolute atomic E-state index is 13.1. The topological polar surface area (TPSA) is 77.5 Å². The van der Waals surface area contributed by atoms with Gasteiger partial charge < -0.3 is 4.74 Å². The zero-order chi connectivity index (χ0) is 21.2. The quantitative estimate of drug-likeness (QED) is 0.529.